The Hall–Kier alpha value is -3.26. The van der Waals surface area contributed by atoms with Crippen LogP contribution in [0.2, 0.25) is 5.02 Å². The number of hydrogen-bond acceptors (Lipinski definition) is 5. The summed E-state index contributed by atoms with van der Waals surface area (Å²) in [5.41, 5.74) is 0.989. The van der Waals surface area contributed by atoms with Gasteiger partial charge in [0.2, 0.25) is 0 Å². The molecule has 9 heteroatoms. The summed E-state index contributed by atoms with van der Waals surface area (Å²) in [7, 11) is 1.25. The van der Waals surface area contributed by atoms with Crippen molar-refractivity contribution in [2.24, 2.45) is 0 Å². The molecular formula is C17H12ClFN4O3. The van der Waals surface area contributed by atoms with Gasteiger partial charge in [-0.1, -0.05) is 11.6 Å². The van der Waals surface area contributed by atoms with Crippen molar-refractivity contribution in [2.75, 3.05) is 12.4 Å². The van der Waals surface area contributed by atoms with Crippen LogP contribution in [0.3, 0.4) is 0 Å². The van der Waals surface area contributed by atoms with E-state index in [0.29, 0.717) is 5.69 Å². The van der Waals surface area contributed by atoms with Gasteiger partial charge in [-0.2, -0.15) is 9.90 Å². The molecule has 1 N–H and O–H groups in total. The minimum Gasteiger partial charge on any atom is -0.465 e. The monoisotopic (exact) mass is 374 g/mol. The molecule has 0 radical (unpaired) electrons. The number of amides is 1. The molecule has 0 saturated carbocycles. The first-order valence-corrected chi connectivity index (χ1v) is 7.73. The van der Waals surface area contributed by atoms with Crippen LogP contribution in [-0.4, -0.2) is 34.0 Å². The molecule has 7 nitrogen and oxygen atoms in total. The number of esters is 1. The number of benzene rings is 2. The quantitative estimate of drug-likeness (QED) is 0.709. The van der Waals surface area contributed by atoms with Crippen molar-refractivity contribution in [3.8, 4) is 5.69 Å². The fourth-order valence-electron chi connectivity index (χ4n) is 2.12. The molecule has 0 aliphatic rings. The van der Waals surface area contributed by atoms with E-state index in [4.69, 9.17) is 11.6 Å². The van der Waals surface area contributed by atoms with Crippen molar-refractivity contribution in [1.82, 2.24) is 15.0 Å². The molecule has 1 amide bonds. The highest BCUT2D eigenvalue weighted by Crippen LogP contribution is 2.24. The SMILES string of the molecule is COC(=O)c1ccc(Cl)c(NC(=O)c2cnn(-c3ccc(F)cc3)n2)c1. The fraction of sp³-hybridized carbons (Fsp3) is 0.0588. The molecule has 0 bridgehead atoms. The summed E-state index contributed by atoms with van der Waals surface area (Å²) in [5, 5.41) is 10.8. The summed E-state index contributed by atoms with van der Waals surface area (Å²) in [4.78, 5) is 25.1. The van der Waals surface area contributed by atoms with Crippen molar-refractivity contribution in [1.29, 1.82) is 0 Å². The topological polar surface area (TPSA) is 86.1 Å². The zero-order chi connectivity index (χ0) is 18.7. The minimum atomic E-state index is -0.567. The van der Waals surface area contributed by atoms with Crippen molar-refractivity contribution in [3.05, 3.63) is 70.8 Å². The average molecular weight is 375 g/mol. The summed E-state index contributed by atoms with van der Waals surface area (Å²) < 4.78 is 17.6. The lowest BCUT2D eigenvalue weighted by molar-refractivity contribution is 0.0600. The lowest BCUT2D eigenvalue weighted by atomic mass is 10.2. The molecule has 26 heavy (non-hydrogen) atoms. The zero-order valence-corrected chi connectivity index (χ0v) is 14.2. The Kier molecular flexibility index (Phi) is 4.94. The molecule has 3 rings (SSSR count). The van der Waals surface area contributed by atoms with E-state index in [0.717, 1.165) is 0 Å². The highest BCUT2D eigenvalue weighted by molar-refractivity contribution is 6.34. The van der Waals surface area contributed by atoms with Crippen molar-refractivity contribution in [2.45, 2.75) is 0 Å². The molecular weight excluding hydrogens is 363 g/mol. The van der Waals surface area contributed by atoms with E-state index in [9.17, 15) is 14.0 Å². The van der Waals surface area contributed by atoms with Gasteiger partial charge in [-0.3, -0.25) is 4.79 Å². The van der Waals surface area contributed by atoms with E-state index < -0.39 is 11.9 Å². The number of nitrogens with zero attached hydrogens (tertiary/aromatic N) is 3. The fourth-order valence-corrected chi connectivity index (χ4v) is 2.28. The second kappa shape index (κ2) is 7.32. The van der Waals surface area contributed by atoms with E-state index in [1.54, 1.807) is 0 Å². The third-order valence-corrected chi connectivity index (χ3v) is 3.75. The molecule has 0 saturated heterocycles. The smallest absolute Gasteiger partial charge is 0.337 e. The Labute approximate surface area is 152 Å². The molecule has 2 aromatic carbocycles. The minimum absolute atomic E-state index is 0.0221. The number of aromatic nitrogens is 3. The van der Waals surface area contributed by atoms with Crippen LogP contribution in [0.1, 0.15) is 20.8 Å². The van der Waals surface area contributed by atoms with E-state index in [1.165, 1.54) is 60.6 Å². The lowest BCUT2D eigenvalue weighted by Gasteiger charge is -2.07. The molecule has 132 valence electrons. The summed E-state index contributed by atoms with van der Waals surface area (Å²) in [5.74, 6) is -1.51. The van der Waals surface area contributed by atoms with Crippen molar-refractivity contribution in [3.63, 3.8) is 0 Å². The Morgan fingerprint density at radius 2 is 1.92 bits per heavy atom. The van der Waals surface area contributed by atoms with Gasteiger partial charge in [-0.05, 0) is 42.5 Å². The number of anilines is 1. The Morgan fingerprint density at radius 1 is 1.19 bits per heavy atom. The van der Waals surface area contributed by atoms with Crippen molar-refractivity contribution < 1.29 is 18.7 Å². The third-order valence-electron chi connectivity index (χ3n) is 3.42. The normalized spacial score (nSPS) is 10.4. The van der Waals surface area contributed by atoms with Crippen LogP contribution in [0.15, 0.2) is 48.7 Å². The van der Waals surface area contributed by atoms with E-state index >= 15 is 0 Å². The first-order chi connectivity index (χ1) is 12.5. The van der Waals surface area contributed by atoms with Crippen LogP contribution in [0.4, 0.5) is 10.1 Å². The molecule has 0 atom stereocenters. The number of methoxy groups -OCH3 is 1. The predicted octanol–water partition coefficient (Wildman–Crippen LogP) is 3.10. The molecule has 0 aliphatic carbocycles. The number of halogens is 2. The molecule has 0 unspecified atom stereocenters. The van der Waals surface area contributed by atoms with Gasteiger partial charge in [0.15, 0.2) is 5.69 Å². The third kappa shape index (κ3) is 3.70. The number of carbonyl (C=O) groups excluding carboxylic acids is 2. The van der Waals surface area contributed by atoms with Crippen LogP contribution >= 0.6 is 11.6 Å². The first kappa shape index (κ1) is 17.6. The Morgan fingerprint density at radius 3 is 2.62 bits per heavy atom. The van der Waals surface area contributed by atoms with Gasteiger partial charge in [0.05, 0.1) is 35.3 Å². The van der Waals surface area contributed by atoms with Gasteiger partial charge >= 0.3 is 5.97 Å². The number of nitrogens with one attached hydrogen (secondary N) is 1. The highest BCUT2D eigenvalue weighted by atomic mass is 35.5. The van der Waals surface area contributed by atoms with Gasteiger partial charge in [0.25, 0.3) is 5.91 Å². The highest BCUT2D eigenvalue weighted by Gasteiger charge is 2.15. The zero-order valence-electron chi connectivity index (χ0n) is 13.4. The van der Waals surface area contributed by atoms with E-state index in [2.05, 4.69) is 20.3 Å². The number of rotatable bonds is 4. The molecule has 1 heterocycles. The maximum absolute atomic E-state index is 13.0. The number of carbonyl (C=O) groups is 2. The summed E-state index contributed by atoms with van der Waals surface area (Å²) in [6, 6.07) is 9.83. The van der Waals surface area contributed by atoms with Gasteiger partial charge in [0.1, 0.15) is 5.82 Å². The average Bonchev–Trinajstić information content (AvgIpc) is 3.13. The van der Waals surface area contributed by atoms with Gasteiger partial charge in [-0.15, -0.1) is 5.10 Å². The lowest BCUT2D eigenvalue weighted by Crippen LogP contribution is -2.14. The van der Waals surface area contributed by atoms with Crippen LogP contribution in [0, 0.1) is 5.82 Å². The Balaban J connectivity index is 1.81. The van der Waals surface area contributed by atoms with Crippen LogP contribution in [-0.2, 0) is 4.74 Å². The van der Waals surface area contributed by atoms with E-state index in [1.807, 2.05) is 0 Å². The summed E-state index contributed by atoms with van der Waals surface area (Å²) >= 11 is 6.05. The first-order valence-electron chi connectivity index (χ1n) is 7.35. The molecule has 0 aliphatic heterocycles. The second-order valence-corrected chi connectivity index (χ2v) is 5.54. The summed E-state index contributed by atoms with van der Waals surface area (Å²) in [6.07, 6.45) is 1.26. The van der Waals surface area contributed by atoms with E-state index in [-0.39, 0.29) is 27.8 Å². The van der Waals surface area contributed by atoms with Crippen LogP contribution < -0.4 is 5.32 Å². The van der Waals surface area contributed by atoms with Gasteiger partial charge in [0, 0.05) is 0 Å². The maximum Gasteiger partial charge on any atom is 0.337 e. The maximum atomic E-state index is 13.0. The Bertz CT molecular complexity index is 972. The molecule has 0 spiro atoms. The van der Waals surface area contributed by atoms with Gasteiger partial charge < -0.3 is 10.1 Å². The van der Waals surface area contributed by atoms with Crippen LogP contribution in [0.5, 0.6) is 0 Å². The van der Waals surface area contributed by atoms with Crippen molar-refractivity contribution >= 4 is 29.2 Å². The number of hydrogen-bond donors (Lipinski definition) is 1. The van der Waals surface area contributed by atoms with Crippen LogP contribution in [0.25, 0.3) is 5.69 Å². The number of ether oxygens (including phenoxy) is 1. The second-order valence-electron chi connectivity index (χ2n) is 5.14. The molecule has 0 fully saturated rings. The van der Waals surface area contributed by atoms with Gasteiger partial charge in [-0.25, -0.2) is 9.18 Å². The largest absolute Gasteiger partial charge is 0.465 e. The standard InChI is InChI=1S/C17H12ClFN4O3/c1-26-17(25)10-2-7-13(18)14(8-10)21-16(24)15-9-20-23(22-15)12-5-3-11(19)4-6-12/h2-9H,1H3,(H,21,24). The summed E-state index contributed by atoms with van der Waals surface area (Å²) in [6.45, 7) is 0. The predicted molar refractivity (Wildman–Crippen MR) is 92.1 cm³/mol. The molecule has 1 aromatic heterocycles. The molecule has 3 aromatic rings.